The summed E-state index contributed by atoms with van der Waals surface area (Å²) in [4.78, 5) is 22.4. The largest absolute Gasteiger partial charge is 0.497 e. The molecular formula is C24H28N6O2. The van der Waals surface area contributed by atoms with Crippen molar-refractivity contribution < 1.29 is 9.53 Å². The molecule has 2 N–H and O–H groups in total. The normalized spacial score (nSPS) is 17.9. The molecule has 0 aliphatic carbocycles. The molecule has 2 amide bonds. The number of benzene rings is 1. The van der Waals surface area contributed by atoms with Crippen LogP contribution in [0, 0.1) is 6.92 Å². The Bertz CT molecular complexity index is 1110. The molecular weight excluding hydrogens is 404 g/mol. The van der Waals surface area contributed by atoms with Gasteiger partial charge in [0, 0.05) is 29.6 Å². The van der Waals surface area contributed by atoms with E-state index in [0.29, 0.717) is 18.9 Å². The first-order valence-electron chi connectivity index (χ1n) is 11.0. The Morgan fingerprint density at radius 3 is 2.75 bits per heavy atom. The van der Waals surface area contributed by atoms with E-state index in [9.17, 15) is 4.79 Å². The number of nitrogens with one attached hydrogen (secondary N) is 2. The van der Waals surface area contributed by atoms with Crippen molar-refractivity contribution in [3.63, 3.8) is 0 Å². The Morgan fingerprint density at radius 2 is 2.03 bits per heavy atom. The van der Waals surface area contributed by atoms with Crippen molar-refractivity contribution in [2.45, 2.75) is 31.8 Å². The molecule has 1 aromatic carbocycles. The molecule has 0 unspecified atom stereocenters. The molecule has 8 heteroatoms. The minimum Gasteiger partial charge on any atom is -0.497 e. The minimum absolute atomic E-state index is 0.0117. The van der Waals surface area contributed by atoms with Gasteiger partial charge in [-0.25, -0.2) is 9.78 Å². The second kappa shape index (κ2) is 8.27. The van der Waals surface area contributed by atoms with Gasteiger partial charge in [-0.2, -0.15) is 5.10 Å². The van der Waals surface area contributed by atoms with Crippen LogP contribution >= 0.6 is 0 Å². The lowest BCUT2D eigenvalue weighted by atomic mass is 9.87. The number of aromatic amines is 1. The van der Waals surface area contributed by atoms with E-state index < -0.39 is 0 Å². The third-order valence-corrected chi connectivity index (χ3v) is 6.65. The molecule has 32 heavy (non-hydrogen) atoms. The van der Waals surface area contributed by atoms with E-state index >= 15 is 0 Å². The van der Waals surface area contributed by atoms with Gasteiger partial charge in [0.05, 0.1) is 25.4 Å². The zero-order chi connectivity index (χ0) is 22.1. The molecule has 2 aliphatic rings. The summed E-state index contributed by atoms with van der Waals surface area (Å²) in [5, 5.41) is 10.3. The quantitative estimate of drug-likeness (QED) is 0.646. The third-order valence-electron chi connectivity index (χ3n) is 6.65. The molecule has 8 nitrogen and oxygen atoms in total. The van der Waals surface area contributed by atoms with E-state index in [1.165, 1.54) is 0 Å². The number of aryl methyl sites for hydroxylation is 1. The molecule has 166 valence electrons. The highest BCUT2D eigenvalue weighted by atomic mass is 16.5. The van der Waals surface area contributed by atoms with Crippen molar-refractivity contribution in [3.05, 3.63) is 60.0 Å². The molecule has 2 aliphatic heterocycles. The van der Waals surface area contributed by atoms with Crippen LogP contribution in [0.3, 0.4) is 0 Å². The van der Waals surface area contributed by atoms with Gasteiger partial charge in [0.25, 0.3) is 0 Å². The fourth-order valence-corrected chi connectivity index (χ4v) is 4.89. The molecule has 0 bridgehead atoms. The number of pyridine rings is 1. The summed E-state index contributed by atoms with van der Waals surface area (Å²) in [6, 6.07) is 11.9. The highest BCUT2D eigenvalue weighted by Crippen LogP contribution is 2.38. The fourth-order valence-electron chi connectivity index (χ4n) is 4.89. The summed E-state index contributed by atoms with van der Waals surface area (Å²) in [5.41, 5.74) is 3.74. The molecule has 0 saturated carbocycles. The number of H-pyrrole nitrogens is 1. The first-order chi connectivity index (χ1) is 15.6. The van der Waals surface area contributed by atoms with E-state index in [0.717, 1.165) is 54.1 Å². The molecule has 4 heterocycles. The number of anilines is 1. The van der Waals surface area contributed by atoms with Gasteiger partial charge in [-0.15, -0.1) is 0 Å². The number of urea groups is 1. The van der Waals surface area contributed by atoms with Gasteiger partial charge in [0.2, 0.25) is 0 Å². The van der Waals surface area contributed by atoms with Crippen molar-refractivity contribution in [3.8, 4) is 16.9 Å². The summed E-state index contributed by atoms with van der Waals surface area (Å²) >= 11 is 0. The molecule has 2 fully saturated rings. The van der Waals surface area contributed by atoms with Crippen LogP contribution in [0.4, 0.5) is 10.6 Å². The fraction of sp³-hybridized carbons (Fsp3) is 0.375. The van der Waals surface area contributed by atoms with E-state index in [4.69, 9.17) is 9.72 Å². The van der Waals surface area contributed by atoms with Gasteiger partial charge in [0.1, 0.15) is 11.6 Å². The summed E-state index contributed by atoms with van der Waals surface area (Å²) in [6.45, 7) is 4.98. The number of piperidine rings is 1. The number of rotatable bonds is 5. The van der Waals surface area contributed by atoms with Gasteiger partial charge in [-0.3, -0.25) is 10.00 Å². The Hall–Kier alpha value is -3.39. The summed E-state index contributed by atoms with van der Waals surface area (Å²) in [7, 11) is 1.66. The molecule has 0 atom stereocenters. The smallest absolute Gasteiger partial charge is 0.326 e. The number of methoxy groups -OCH3 is 1. The van der Waals surface area contributed by atoms with E-state index in [-0.39, 0.29) is 11.6 Å². The van der Waals surface area contributed by atoms with Gasteiger partial charge in [-0.1, -0.05) is 12.1 Å². The van der Waals surface area contributed by atoms with E-state index in [1.54, 1.807) is 13.3 Å². The minimum atomic E-state index is -0.204. The van der Waals surface area contributed by atoms with Gasteiger partial charge >= 0.3 is 6.03 Å². The number of aromatic nitrogens is 3. The van der Waals surface area contributed by atoms with Crippen LogP contribution in [-0.4, -0.2) is 58.4 Å². The Morgan fingerprint density at radius 1 is 1.19 bits per heavy atom. The summed E-state index contributed by atoms with van der Waals surface area (Å²) < 4.78 is 5.39. The van der Waals surface area contributed by atoms with Crippen LogP contribution in [0.1, 0.15) is 24.1 Å². The van der Waals surface area contributed by atoms with Gasteiger partial charge in [0.15, 0.2) is 0 Å². The second-order valence-corrected chi connectivity index (χ2v) is 8.57. The lowest BCUT2D eigenvalue weighted by Gasteiger charge is -2.40. The van der Waals surface area contributed by atoms with Gasteiger partial charge in [-0.05, 0) is 62.7 Å². The number of nitrogens with zero attached hydrogens (tertiary/aromatic N) is 4. The maximum absolute atomic E-state index is 13.7. The van der Waals surface area contributed by atoms with Crippen LogP contribution < -0.4 is 15.0 Å². The number of ether oxygens (including phenoxy) is 1. The van der Waals surface area contributed by atoms with E-state index in [1.807, 2.05) is 53.3 Å². The SMILES string of the molecule is COc1cccc(CN2C(=O)N(c3ccc(-c4cn[nH]c4)c(C)n3)CC23CCNCC3)c1. The predicted molar refractivity (Wildman–Crippen MR) is 123 cm³/mol. The van der Waals surface area contributed by atoms with Crippen LogP contribution in [0.15, 0.2) is 48.8 Å². The van der Waals surface area contributed by atoms with Crippen LogP contribution in [0.2, 0.25) is 0 Å². The highest BCUT2D eigenvalue weighted by Gasteiger charge is 2.50. The number of carbonyl (C=O) groups is 1. The lowest BCUT2D eigenvalue weighted by molar-refractivity contribution is 0.119. The lowest BCUT2D eigenvalue weighted by Crippen LogP contribution is -2.53. The van der Waals surface area contributed by atoms with Crippen LogP contribution in [0.25, 0.3) is 11.1 Å². The van der Waals surface area contributed by atoms with Crippen LogP contribution in [0.5, 0.6) is 5.75 Å². The summed E-state index contributed by atoms with van der Waals surface area (Å²) in [5.74, 6) is 1.50. The maximum Gasteiger partial charge on any atom is 0.326 e. The maximum atomic E-state index is 13.7. The first-order valence-corrected chi connectivity index (χ1v) is 11.0. The molecule has 2 aromatic heterocycles. The monoisotopic (exact) mass is 432 g/mol. The van der Waals surface area contributed by atoms with Crippen molar-refractivity contribution >= 4 is 11.8 Å². The van der Waals surface area contributed by atoms with Crippen LogP contribution in [-0.2, 0) is 6.54 Å². The average molecular weight is 433 g/mol. The Kier molecular flexibility index (Phi) is 5.30. The van der Waals surface area contributed by atoms with Crippen molar-refractivity contribution in [1.82, 2.24) is 25.4 Å². The Labute approximate surface area is 187 Å². The predicted octanol–water partition coefficient (Wildman–Crippen LogP) is 3.35. The molecule has 3 aromatic rings. The first kappa shape index (κ1) is 20.5. The average Bonchev–Trinajstić information content (AvgIpc) is 3.43. The molecule has 5 rings (SSSR count). The van der Waals surface area contributed by atoms with Crippen molar-refractivity contribution in [1.29, 1.82) is 0 Å². The summed E-state index contributed by atoms with van der Waals surface area (Å²) in [6.07, 6.45) is 5.48. The number of amides is 2. The third kappa shape index (κ3) is 3.60. The molecule has 2 saturated heterocycles. The second-order valence-electron chi connectivity index (χ2n) is 8.57. The number of hydrogen-bond acceptors (Lipinski definition) is 5. The topological polar surface area (TPSA) is 86.4 Å². The molecule has 0 radical (unpaired) electrons. The van der Waals surface area contributed by atoms with Crippen molar-refractivity contribution in [2.24, 2.45) is 0 Å². The molecule has 1 spiro atoms. The number of carbonyl (C=O) groups excluding carboxylic acids is 1. The zero-order valence-electron chi connectivity index (χ0n) is 18.5. The standard InChI is InChI=1S/C24H28N6O2/c1-17-21(19-13-26-27-14-19)6-7-22(28-17)29-16-24(8-10-25-11-9-24)30(23(29)31)15-18-4-3-5-20(12-18)32-2/h3-7,12-14,25H,8-11,15-16H2,1-2H3,(H,26,27). The van der Waals surface area contributed by atoms with E-state index in [2.05, 4.69) is 21.6 Å². The Balaban J connectivity index is 1.46. The highest BCUT2D eigenvalue weighted by molar-refractivity contribution is 5.94. The zero-order valence-corrected chi connectivity index (χ0v) is 18.5. The van der Waals surface area contributed by atoms with Crippen molar-refractivity contribution in [2.75, 3.05) is 31.6 Å². The number of hydrogen-bond donors (Lipinski definition) is 2. The van der Waals surface area contributed by atoms with Gasteiger partial charge < -0.3 is 15.0 Å².